The summed E-state index contributed by atoms with van der Waals surface area (Å²) in [6.45, 7) is 7.99. The molecule has 0 amide bonds. The van der Waals surface area contributed by atoms with E-state index in [1.165, 1.54) is 6.26 Å². The van der Waals surface area contributed by atoms with E-state index in [0.29, 0.717) is 25.2 Å². The summed E-state index contributed by atoms with van der Waals surface area (Å²) in [5, 5.41) is 3.08. The van der Waals surface area contributed by atoms with Crippen LogP contribution in [0.2, 0.25) is 0 Å². The van der Waals surface area contributed by atoms with Gasteiger partial charge in [-0.3, -0.25) is 4.57 Å². The molecule has 0 aliphatic carbocycles. The Kier molecular flexibility index (Phi) is 5.55. The Morgan fingerprint density at radius 2 is 1.92 bits per heavy atom. The lowest BCUT2D eigenvalue weighted by molar-refractivity contribution is 0.492. The van der Waals surface area contributed by atoms with Gasteiger partial charge in [0.25, 0.3) is 0 Å². The Labute approximate surface area is 142 Å². The van der Waals surface area contributed by atoms with Gasteiger partial charge in [0.05, 0.1) is 11.3 Å². The van der Waals surface area contributed by atoms with Crippen LogP contribution in [-0.4, -0.2) is 38.1 Å². The summed E-state index contributed by atoms with van der Waals surface area (Å²) < 4.78 is 29.1. The molecule has 0 aliphatic rings. The van der Waals surface area contributed by atoms with Crippen LogP contribution in [0.1, 0.15) is 32.8 Å². The number of rotatable bonds is 7. The highest BCUT2D eigenvalue weighted by Gasteiger charge is 2.17. The number of hydrogen-bond acceptors (Lipinski definition) is 5. The van der Waals surface area contributed by atoms with E-state index < -0.39 is 9.84 Å². The van der Waals surface area contributed by atoms with Crippen LogP contribution in [0.4, 0.5) is 0 Å². The molecule has 0 atom stereocenters. The maximum atomic E-state index is 12.0. The predicted molar refractivity (Wildman–Crippen MR) is 96.4 cm³/mol. The van der Waals surface area contributed by atoms with Gasteiger partial charge in [0, 0.05) is 19.3 Å². The summed E-state index contributed by atoms with van der Waals surface area (Å²) in [6.07, 6.45) is 1.94. The molecular formula is C17H26N2O4S. The Morgan fingerprint density at radius 1 is 1.21 bits per heavy atom. The molecule has 0 unspecified atom stereocenters. The second kappa shape index (κ2) is 7.11. The quantitative estimate of drug-likeness (QED) is 0.768. The first kappa shape index (κ1) is 18.7. The summed E-state index contributed by atoms with van der Waals surface area (Å²) in [7, 11) is -2.94. The van der Waals surface area contributed by atoms with Crippen molar-refractivity contribution >= 4 is 20.9 Å². The second-order valence-electron chi connectivity index (χ2n) is 7.19. The summed E-state index contributed by atoms with van der Waals surface area (Å²) in [5.74, 6) is -0.233. The van der Waals surface area contributed by atoms with Crippen LogP contribution >= 0.6 is 0 Å². The van der Waals surface area contributed by atoms with Crippen molar-refractivity contribution in [2.24, 2.45) is 0 Å². The zero-order valence-electron chi connectivity index (χ0n) is 14.8. The van der Waals surface area contributed by atoms with Gasteiger partial charge in [-0.05, 0) is 36.1 Å². The molecule has 2 rings (SSSR count). The molecular weight excluding hydrogens is 328 g/mol. The van der Waals surface area contributed by atoms with Crippen molar-refractivity contribution in [3.63, 3.8) is 0 Å². The van der Waals surface area contributed by atoms with E-state index in [9.17, 15) is 13.2 Å². The van der Waals surface area contributed by atoms with Crippen molar-refractivity contribution in [1.82, 2.24) is 9.88 Å². The van der Waals surface area contributed by atoms with Crippen LogP contribution in [0.5, 0.6) is 0 Å². The molecule has 1 heterocycles. The summed E-state index contributed by atoms with van der Waals surface area (Å²) in [5.41, 5.74) is 2.55. The molecule has 0 aliphatic heterocycles. The van der Waals surface area contributed by atoms with Gasteiger partial charge in [0.15, 0.2) is 5.58 Å². The van der Waals surface area contributed by atoms with Gasteiger partial charge < -0.3 is 9.73 Å². The molecule has 0 bridgehead atoms. The molecule has 1 aromatic heterocycles. The predicted octanol–water partition coefficient (Wildman–Crippen LogP) is 1.92. The molecule has 0 saturated heterocycles. The van der Waals surface area contributed by atoms with Crippen molar-refractivity contribution in [2.75, 3.05) is 25.1 Å². The maximum Gasteiger partial charge on any atom is 0.419 e. The van der Waals surface area contributed by atoms with E-state index in [1.54, 1.807) is 4.57 Å². The lowest BCUT2D eigenvalue weighted by atomic mass is 9.87. The number of hydrogen-bond donors (Lipinski definition) is 1. The molecule has 1 N–H and O–H groups in total. The van der Waals surface area contributed by atoms with Crippen molar-refractivity contribution in [1.29, 1.82) is 0 Å². The highest BCUT2D eigenvalue weighted by atomic mass is 32.2. The molecule has 1 aromatic carbocycles. The average Bonchev–Trinajstić information content (AvgIpc) is 2.75. The molecule has 134 valence electrons. The van der Waals surface area contributed by atoms with Crippen LogP contribution in [0, 0.1) is 0 Å². The maximum absolute atomic E-state index is 12.0. The number of sulfone groups is 1. The number of aromatic nitrogens is 1. The molecule has 0 spiro atoms. The van der Waals surface area contributed by atoms with Crippen LogP contribution in [-0.2, 0) is 21.8 Å². The van der Waals surface area contributed by atoms with Gasteiger partial charge in [-0.25, -0.2) is 13.2 Å². The minimum absolute atomic E-state index is 0.000459. The summed E-state index contributed by atoms with van der Waals surface area (Å²) in [4.78, 5) is 12.0. The fraction of sp³-hybridized carbons (Fsp3) is 0.588. The monoisotopic (exact) mass is 354 g/mol. The molecule has 0 saturated carbocycles. The Morgan fingerprint density at radius 3 is 2.54 bits per heavy atom. The zero-order valence-corrected chi connectivity index (χ0v) is 15.6. The van der Waals surface area contributed by atoms with Crippen LogP contribution in [0.15, 0.2) is 27.4 Å². The first-order valence-electron chi connectivity index (χ1n) is 8.10. The first-order chi connectivity index (χ1) is 11.1. The number of oxazole rings is 1. The van der Waals surface area contributed by atoms with Gasteiger partial charge in [-0.1, -0.05) is 26.8 Å². The Bertz CT molecular complexity index is 857. The lowest BCUT2D eigenvalue weighted by Crippen LogP contribution is -2.25. The van der Waals surface area contributed by atoms with Gasteiger partial charge in [-0.2, -0.15) is 0 Å². The van der Waals surface area contributed by atoms with Crippen LogP contribution in [0.3, 0.4) is 0 Å². The van der Waals surface area contributed by atoms with E-state index in [1.807, 2.05) is 18.2 Å². The lowest BCUT2D eigenvalue weighted by Gasteiger charge is -2.18. The van der Waals surface area contributed by atoms with E-state index in [0.717, 1.165) is 17.5 Å². The number of nitrogens with one attached hydrogen (secondary N) is 1. The normalized spacial score (nSPS) is 12.8. The SMILES string of the molecule is CC(C)(C)c1ccc2oc(=O)n(CCCNCCS(C)(=O)=O)c2c1. The molecule has 0 radical (unpaired) electrons. The summed E-state index contributed by atoms with van der Waals surface area (Å²) in [6, 6.07) is 5.85. The van der Waals surface area contributed by atoms with E-state index >= 15 is 0 Å². The van der Waals surface area contributed by atoms with Crippen molar-refractivity contribution in [3.05, 3.63) is 34.3 Å². The summed E-state index contributed by atoms with van der Waals surface area (Å²) >= 11 is 0. The Hall–Kier alpha value is -1.60. The smallest absolute Gasteiger partial charge is 0.408 e. The number of nitrogens with zero attached hydrogens (tertiary/aromatic N) is 1. The average molecular weight is 354 g/mol. The second-order valence-corrected chi connectivity index (χ2v) is 9.45. The molecule has 24 heavy (non-hydrogen) atoms. The third kappa shape index (κ3) is 4.95. The minimum atomic E-state index is -2.94. The largest absolute Gasteiger partial charge is 0.419 e. The van der Waals surface area contributed by atoms with Gasteiger partial charge in [0.1, 0.15) is 9.84 Å². The van der Waals surface area contributed by atoms with Gasteiger partial charge in [-0.15, -0.1) is 0 Å². The van der Waals surface area contributed by atoms with Crippen molar-refractivity contribution in [2.45, 2.75) is 39.2 Å². The first-order valence-corrected chi connectivity index (χ1v) is 10.2. The molecule has 6 nitrogen and oxygen atoms in total. The van der Waals surface area contributed by atoms with Crippen molar-refractivity contribution in [3.8, 4) is 0 Å². The number of benzene rings is 1. The fourth-order valence-corrected chi connectivity index (χ4v) is 3.00. The third-order valence-corrected chi connectivity index (χ3v) is 4.86. The topological polar surface area (TPSA) is 81.3 Å². The Balaban J connectivity index is 2.03. The highest BCUT2D eigenvalue weighted by Crippen LogP contribution is 2.25. The standard InChI is InChI=1S/C17H26N2O4S/c1-17(2,3)13-6-7-15-14(12-13)19(16(20)23-15)10-5-8-18-9-11-24(4,21)22/h6-7,12,18H,5,8-11H2,1-4H3. The number of aryl methyl sites for hydroxylation is 1. The van der Waals surface area contributed by atoms with Crippen LogP contribution in [0.25, 0.3) is 11.1 Å². The van der Waals surface area contributed by atoms with Gasteiger partial charge >= 0.3 is 5.76 Å². The zero-order chi connectivity index (χ0) is 18.0. The van der Waals surface area contributed by atoms with E-state index in [2.05, 4.69) is 26.1 Å². The van der Waals surface area contributed by atoms with E-state index in [-0.39, 0.29) is 16.9 Å². The molecule has 0 fully saturated rings. The molecule has 7 heteroatoms. The molecule has 2 aromatic rings. The number of fused-ring (bicyclic) bond motifs is 1. The van der Waals surface area contributed by atoms with Crippen molar-refractivity contribution < 1.29 is 12.8 Å². The van der Waals surface area contributed by atoms with E-state index in [4.69, 9.17) is 4.42 Å². The minimum Gasteiger partial charge on any atom is -0.408 e. The highest BCUT2D eigenvalue weighted by molar-refractivity contribution is 7.90. The van der Waals surface area contributed by atoms with Crippen LogP contribution < -0.4 is 11.1 Å². The third-order valence-electron chi connectivity index (χ3n) is 3.92. The van der Waals surface area contributed by atoms with Gasteiger partial charge in [0.2, 0.25) is 0 Å². The fourth-order valence-electron chi connectivity index (χ4n) is 2.49.